The second-order valence-electron chi connectivity index (χ2n) is 4.55. The van der Waals surface area contributed by atoms with Gasteiger partial charge in [0.2, 0.25) is 5.91 Å². The van der Waals surface area contributed by atoms with Crippen LogP contribution in [0.15, 0.2) is 54.6 Å². The van der Waals surface area contributed by atoms with Gasteiger partial charge >= 0.3 is 6.03 Å². The number of halogens is 1. The number of benzene rings is 2. The predicted molar refractivity (Wildman–Crippen MR) is 82.1 cm³/mol. The molecule has 2 N–H and O–H groups in total. The topological polar surface area (TPSA) is 58.2 Å². The maximum atomic E-state index is 11.8. The fraction of sp³-hybridized carbons (Fsp3) is 0.125. The molecule has 0 heterocycles. The van der Waals surface area contributed by atoms with Crippen molar-refractivity contribution >= 4 is 23.5 Å². The molecule has 0 fully saturated rings. The Balaban J connectivity index is 2.31. The number of hydrogen-bond donors (Lipinski definition) is 2. The average molecular weight is 303 g/mol. The van der Waals surface area contributed by atoms with Crippen molar-refractivity contribution < 1.29 is 9.59 Å². The summed E-state index contributed by atoms with van der Waals surface area (Å²) in [7, 11) is 0. The molecule has 0 spiro atoms. The third-order valence-electron chi connectivity index (χ3n) is 2.88. The summed E-state index contributed by atoms with van der Waals surface area (Å²) < 4.78 is 0. The van der Waals surface area contributed by atoms with Crippen molar-refractivity contribution in [1.82, 2.24) is 10.6 Å². The molecule has 0 bridgehead atoms. The molecule has 3 amide bonds. The van der Waals surface area contributed by atoms with Crippen molar-refractivity contribution in [2.45, 2.75) is 13.0 Å². The maximum Gasteiger partial charge on any atom is 0.322 e. The molecule has 4 nitrogen and oxygen atoms in total. The van der Waals surface area contributed by atoms with E-state index in [4.69, 9.17) is 11.6 Å². The first-order valence-electron chi connectivity index (χ1n) is 6.45. The summed E-state index contributed by atoms with van der Waals surface area (Å²) in [6.45, 7) is 1.29. The molecular formula is C16H15ClN2O2. The van der Waals surface area contributed by atoms with Gasteiger partial charge in [-0.15, -0.1) is 0 Å². The molecule has 0 unspecified atom stereocenters. The Morgan fingerprint density at radius 2 is 1.67 bits per heavy atom. The van der Waals surface area contributed by atoms with Gasteiger partial charge in [0, 0.05) is 11.9 Å². The zero-order valence-electron chi connectivity index (χ0n) is 11.5. The molecule has 0 saturated heterocycles. The van der Waals surface area contributed by atoms with E-state index in [0.717, 1.165) is 11.1 Å². The molecule has 1 atom stereocenters. The molecular weight excluding hydrogens is 288 g/mol. The highest BCUT2D eigenvalue weighted by Crippen LogP contribution is 2.24. The Morgan fingerprint density at radius 1 is 1.00 bits per heavy atom. The third kappa shape index (κ3) is 4.33. The number of urea groups is 1. The van der Waals surface area contributed by atoms with Gasteiger partial charge in [0.05, 0.1) is 6.04 Å². The highest BCUT2D eigenvalue weighted by molar-refractivity contribution is 6.30. The molecule has 0 aliphatic carbocycles. The zero-order chi connectivity index (χ0) is 15.2. The van der Waals surface area contributed by atoms with Gasteiger partial charge < -0.3 is 5.32 Å². The molecule has 2 aromatic carbocycles. The first-order chi connectivity index (χ1) is 10.1. The fourth-order valence-electron chi connectivity index (χ4n) is 2.02. The van der Waals surface area contributed by atoms with Crippen LogP contribution in [-0.2, 0) is 4.79 Å². The minimum absolute atomic E-state index is 0.385. The first-order valence-corrected chi connectivity index (χ1v) is 6.82. The van der Waals surface area contributed by atoms with E-state index in [9.17, 15) is 9.59 Å². The van der Waals surface area contributed by atoms with Crippen molar-refractivity contribution in [1.29, 1.82) is 0 Å². The van der Waals surface area contributed by atoms with E-state index in [0.29, 0.717) is 5.02 Å². The summed E-state index contributed by atoms with van der Waals surface area (Å²) >= 11 is 6.01. The molecule has 2 rings (SSSR count). The van der Waals surface area contributed by atoms with Crippen LogP contribution >= 0.6 is 11.6 Å². The minimum Gasteiger partial charge on any atom is -0.327 e. The monoisotopic (exact) mass is 302 g/mol. The van der Waals surface area contributed by atoms with Gasteiger partial charge in [0.15, 0.2) is 0 Å². The molecule has 0 radical (unpaired) electrons. The van der Waals surface area contributed by atoms with E-state index < -0.39 is 11.9 Å². The van der Waals surface area contributed by atoms with Crippen molar-refractivity contribution in [3.05, 3.63) is 70.7 Å². The van der Waals surface area contributed by atoms with E-state index >= 15 is 0 Å². The van der Waals surface area contributed by atoms with Crippen LogP contribution in [-0.4, -0.2) is 11.9 Å². The summed E-state index contributed by atoms with van der Waals surface area (Å²) in [4.78, 5) is 22.8. The quantitative estimate of drug-likeness (QED) is 0.914. The van der Waals surface area contributed by atoms with Crippen LogP contribution in [0.25, 0.3) is 0 Å². The lowest BCUT2D eigenvalue weighted by molar-refractivity contribution is -0.117. The summed E-state index contributed by atoms with van der Waals surface area (Å²) in [5.41, 5.74) is 1.74. The lowest BCUT2D eigenvalue weighted by atomic mass is 9.99. The fourth-order valence-corrected chi connectivity index (χ4v) is 2.22. The second-order valence-corrected chi connectivity index (χ2v) is 4.99. The van der Waals surface area contributed by atoms with Crippen molar-refractivity contribution in [2.24, 2.45) is 0 Å². The van der Waals surface area contributed by atoms with Gasteiger partial charge in [-0.1, -0.05) is 54.1 Å². The summed E-state index contributed by atoms with van der Waals surface area (Å²) in [5, 5.41) is 5.57. The Morgan fingerprint density at radius 3 is 2.29 bits per heavy atom. The Bertz CT molecular complexity index is 644. The Hall–Kier alpha value is -2.33. The highest BCUT2D eigenvalue weighted by atomic mass is 35.5. The van der Waals surface area contributed by atoms with Crippen molar-refractivity contribution in [2.75, 3.05) is 0 Å². The van der Waals surface area contributed by atoms with Gasteiger partial charge in [-0.25, -0.2) is 4.79 Å². The first kappa shape index (κ1) is 15.1. The summed E-state index contributed by atoms with van der Waals surface area (Å²) in [5.74, 6) is -0.412. The number of nitrogens with one attached hydrogen (secondary N) is 2. The number of imide groups is 1. The molecule has 0 saturated carbocycles. The number of hydrogen-bond acceptors (Lipinski definition) is 2. The van der Waals surface area contributed by atoms with Crippen LogP contribution in [0.2, 0.25) is 5.02 Å². The largest absolute Gasteiger partial charge is 0.327 e. The number of rotatable bonds is 3. The van der Waals surface area contributed by atoms with Crippen LogP contribution in [0.5, 0.6) is 0 Å². The second kappa shape index (κ2) is 6.90. The Labute approximate surface area is 128 Å². The van der Waals surface area contributed by atoms with E-state index in [-0.39, 0.29) is 6.04 Å². The molecule has 21 heavy (non-hydrogen) atoms. The maximum absolute atomic E-state index is 11.8. The lowest BCUT2D eigenvalue weighted by Gasteiger charge is -2.20. The standard InChI is InChI=1S/C16H15ClN2O2/c1-11(20)18-16(21)19-15(12-6-3-2-4-7-12)13-8-5-9-14(17)10-13/h2-10,15H,1H3,(H2,18,19,20,21)/t15-/m0/s1. The van der Waals surface area contributed by atoms with E-state index in [1.165, 1.54) is 6.92 Å². The van der Waals surface area contributed by atoms with Gasteiger partial charge in [-0.05, 0) is 23.3 Å². The zero-order valence-corrected chi connectivity index (χ0v) is 12.2. The van der Waals surface area contributed by atoms with Gasteiger partial charge in [0.25, 0.3) is 0 Å². The van der Waals surface area contributed by atoms with Gasteiger partial charge in [-0.2, -0.15) is 0 Å². The molecule has 0 aromatic heterocycles. The smallest absolute Gasteiger partial charge is 0.322 e. The Kier molecular flexibility index (Phi) is 4.95. The molecule has 2 aromatic rings. The van der Waals surface area contributed by atoms with Crippen LogP contribution in [0.4, 0.5) is 4.79 Å². The average Bonchev–Trinajstić information content (AvgIpc) is 2.45. The number of carbonyl (C=O) groups excluding carboxylic acids is 2. The number of amides is 3. The van der Waals surface area contributed by atoms with Gasteiger partial charge in [-0.3, -0.25) is 10.1 Å². The van der Waals surface area contributed by atoms with Crippen LogP contribution in [0, 0.1) is 0 Å². The van der Waals surface area contributed by atoms with E-state index in [1.807, 2.05) is 42.5 Å². The summed E-state index contributed by atoms with van der Waals surface area (Å²) in [6, 6.07) is 15.8. The molecule has 5 heteroatoms. The van der Waals surface area contributed by atoms with Crippen molar-refractivity contribution in [3.8, 4) is 0 Å². The van der Waals surface area contributed by atoms with Crippen molar-refractivity contribution in [3.63, 3.8) is 0 Å². The third-order valence-corrected chi connectivity index (χ3v) is 3.12. The molecule has 108 valence electrons. The highest BCUT2D eigenvalue weighted by Gasteiger charge is 2.17. The molecule has 0 aliphatic rings. The number of carbonyl (C=O) groups is 2. The summed E-state index contributed by atoms with van der Waals surface area (Å²) in [6.07, 6.45) is 0. The van der Waals surface area contributed by atoms with E-state index in [1.54, 1.807) is 12.1 Å². The lowest BCUT2D eigenvalue weighted by Crippen LogP contribution is -2.40. The predicted octanol–water partition coefficient (Wildman–Crippen LogP) is 3.28. The molecule has 0 aliphatic heterocycles. The van der Waals surface area contributed by atoms with Crippen LogP contribution in [0.3, 0.4) is 0 Å². The van der Waals surface area contributed by atoms with Gasteiger partial charge in [0.1, 0.15) is 0 Å². The normalized spacial score (nSPS) is 11.5. The SMILES string of the molecule is CC(=O)NC(=O)N[C@@H](c1ccccc1)c1cccc(Cl)c1. The minimum atomic E-state index is -0.545. The van der Waals surface area contributed by atoms with Crippen LogP contribution < -0.4 is 10.6 Å². The van der Waals surface area contributed by atoms with E-state index in [2.05, 4.69) is 10.6 Å². The van der Waals surface area contributed by atoms with Crippen LogP contribution in [0.1, 0.15) is 24.1 Å².